The number of fused-ring (bicyclic) bond motifs is 13. The first-order valence-corrected chi connectivity index (χ1v) is 16.7. The maximum atomic E-state index is 6.79. The minimum absolute atomic E-state index is 0.544. The van der Waals surface area contributed by atoms with Crippen molar-refractivity contribution >= 4 is 32.8 Å². The molecule has 0 bridgehead atoms. The highest BCUT2D eigenvalue weighted by molar-refractivity contribution is 6.15. The zero-order valence-electron chi connectivity index (χ0n) is 26.4. The number of hydrogen-bond donors (Lipinski definition) is 0. The van der Waals surface area contributed by atoms with Gasteiger partial charge in [-0.2, -0.15) is 0 Å². The first-order valence-electron chi connectivity index (χ1n) is 16.7. The van der Waals surface area contributed by atoms with E-state index >= 15 is 0 Å². The van der Waals surface area contributed by atoms with Crippen LogP contribution in [0.4, 0.5) is 0 Å². The van der Waals surface area contributed by atoms with Crippen LogP contribution in [0, 0.1) is 0 Å². The van der Waals surface area contributed by atoms with Crippen LogP contribution in [-0.4, -0.2) is 4.98 Å². The lowest BCUT2D eigenvalue weighted by Crippen LogP contribution is -2.32. The van der Waals surface area contributed by atoms with E-state index in [9.17, 15) is 0 Å². The summed E-state index contributed by atoms with van der Waals surface area (Å²) < 4.78 is 13.3. The molecule has 11 rings (SSSR count). The van der Waals surface area contributed by atoms with Crippen LogP contribution in [0.1, 0.15) is 22.3 Å². The molecule has 0 fully saturated rings. The summed E-state index contributed by atoms with van der Waals surface area (Å²) in [6.45, 7) is 0. The molecule has 1 aliphatic carbocycles. The molecule has 2 aliphatic rings. The van der Waals surface area contributed by atoms with E-state index in [0.29, 0.717) is 0 Å². The molecule has 7 aromatic carbocycles. The second-order valence-corrected chi connectivity index (χ2v) is 13.0. The van der Waals surface area contributed by atoms with Crippen LogP contribution in [-0.2, 0) is 5.41 Å². The first-order chi connectivity index (χ1) is 24.3. The molecule has 0 unspecified atom stereocenters. The first kappa shape index (κ1) is 26.6. The Labute approximate surface area is 282 Å². The van der Waals surface area contributed by atoms with Crippen LogP contribution in [0.2, 0.25) is 0 Å². The van der Waals surface area contributed by atoms with Crippen molar-refractivity contribution in [3.63, 3.8) is 0 Å². The van der Waals surface area contributed by atoms with Crippen LogP contribution >= 0.6 is 0 Å². The monoisotopic (exact) mass is 625 g/mol. The number of benzene rings is 7. The van der Waals surface area contributed by atoms with E-state index in [-0.39, 0.29) is 0 Å². The molecule has 1 spiro atoms. The van der Waals surface area contributed by atoms with Crippen LogP contribution in [0.5, 0.6) is 11.5 Å². The average molecular weight is 626 g/mol. The fraction of sp³-hybridized carbons (Fsp3) is 0.0217. The third-order valence-corrected chi connectivity index (χ3v) is 10.5. The minimum Gasteiger partial charge on any atom is -0.457 e. The lowest BCUT2D eigenvalue weighted by atomic mass is 9.66. The fourth-order valence-electron chi connectivity index (χ4n) is 8.55. The summed E-state index contributed by atoms with van der Waals surface area (Å²) in [5.74, 6) is 1.76. The number of pyridine rings is 1. The molecule has 2 aromatic heterocycles. The molecule has 0 amide bonds. The van der Waals surface area contributed by atoms with Gasteiger partial charge < -0.3 is 9.15 Å². The molecule has 49 heavy (non-hydrogen) atoms. The largest absolute Gasteiger partial charge is 0.457 e. The van der Waals surface area contributed by atoms with Gasteiger partial charge in [-0.15, -0.1) is 0 Å². The Morgan fingerprint density at radius 3 is 1.92 bits per heavy atom. The van der Waals surface area contributed by atoms with Gasteiger partial charge in [0, 0.05) is 32.8 Å². The van der Waals surface area contributed by atoms with Crippen LogP contribution in [0.15, 0.2) is 168 Å². The van der Waals surface area contributed by atoms with E-state index in [4.69, 9.17) is 14.1 Å². The summed E-state index contributed by atoms with van der Waals surface area (Å²) in [6, 6.07) is 58.0. The number of aromatic nitrogens is 1. The molecule has 0 radical (unpaired) electrons. The predicted molar refractivity (Wildman–Crippen MR) is 197 cm³/mol. The summed E-state index contributed by atoms with van der Waals surface area (Å²) in [7, 11) is 0. The van der Waals surface area contributed by atoms with Gasteiger partial charge >= 0.3 is 0 Å². The normalized spacial score (nSPS) is 13.6. The quantitative estimate of drug-likeness (QED) is 0.192. The number of hydrogen-bond acceptors (Lipinski definition) is 3. The molecule has 0 saturated heterocycles. The van der Waals surface area contributed by atoms with Gasteiger partial charge in [0.05, 0.1) is 16.6 Å². The Morgan fingerprint density at radius 1 is 0.429 bits per heavy atom. The highest BCUT2D eigenvalue weighted by atomic mass is 16.5. The Bertz CT molecular complexity index is 2770. The number of furan rings is 1. The molecule has 1 aliphatic heterocycles. The molecule has 228 valence electrons. The number of para-hydroxylation sites is 3. The summed E-state index contributed by atoms with van der Waals surface area (Å²) in [5.41, 5.74) is 13.7. The second-order valence-electron chi connectivity index (χ2n) is 13.0. The maximum Gasteiger partial charge on any atom is 0.136 e. The molecule has 0 N–H and O–H groups in total. The lowest BCUT2D eigenvalue weighted by molar-refractivity contribution is 0.436. The zero-order chi connectivity index (χ0) is 32.1. The van der Waals surface area contributed by atoms with E-state index < -0.39 is 5.41 Å². The molecular weight excluding hydrogens is 599 g/mol. The minimum atomic E-state index is -0.544. The van der Waals surface area contributed by atoms with Gasteiger partial charge in [0.2, 0.25) is 0 Å². The van der Waals surface area contributed by atoms with Crippen molar-refractivity contribution in [1.29, 1.82) is 0 Å². The molecule has 0 atom stereocenters. The van der Waals surface area contributed by atoms with Crippen molar-refractivity contribution in [3.8, 4) is 45.0 Å². The zero-order valence-corrected chi connectivity index (χ0v) is 26.4. The Morgan fingerprint density at radius 2 is 1.10 bits per heavy atom. The topological polar surface area (TPSA) is 35.3 Å². The molecule has 9 aromatic rings. The van der Waals surface area contributed by atoms with Crippen molar-refractivity contribution in [2.45, 2.75) is 5.41 Å². The predicted octanol–water partition coefficient (Wildman–Crippen LogP) is 11.9. The van der Waals surface area contributed by atoms with Crippen molar-refractivity contribution in [3.05, 3.63) is 186 Å². The SMILES string of the molecule is c1ccc(-c2cc(-c3cccc4oc5cc6c(cc5c34)-c3ccccc3C63c4ccccc4Oc4ccccc43)nc3ccccc23)cc1. The van der Waals surface area contributed by atoms with Gasteiger partial charge in [0.25, 0.3) is 0 Å². The van der Waals surface area contributed by atoms with Gasteiger partial charge in [-0.3, -0.25) is 0 Å². The molecule has 3 heteroatoms. The van der Waals surface area contributed by atoms with E-state index in [2.05, 4.69) is 164 Å². The van der Waals surface area contributed by atoms with Gasteiger partial charge in [-0.25, -0.2) is 4.98 Å². The molecular formula is C46H27NO2. The van der Waals surface area contributed by atoms with E-state index in [1.807, 2.05) is 0 Å². The van der Waals surface area contributed by atoms with E-state index in [0.717, 1.165) is 66.7 Å². The number of ether oxygens (including phenoxy) is 1. The highest BCUT2D eigenvalue weighted by Gasteiger charge is 2.51. The Balaban J connectivity index is 1.22. The summed E-state index contributed by atoms with van der Waals surface area (Å²) in [4.78, 5) is 5.24. The Kier molecular flexibility index (Phi) is 5.31. The van der Waals surface area contributed by atoms with Crippen LogP contribution in [0.3, 0.4) is 0 Å². The molecule has 3 heterocycles. The van der Waals surface area contributed by atoms with Gasteiger partial charge in [-0.1, -0.05) is 121 Å². The smallest absolute Gasteiger partial charge is 0.136 e. The molecule has 3 nitrogen and oxygen atoms in total. The molecule has 0 saturated carbocycles. The highest BCUT2D eigenvalue weighted by Crippen LogP contribution is 2.62. The summed E-state index contributed by atoms with van der Waals surface area (Å²) in [5, 5.41) is 3.30. The fourth-order valence-corrected chi connectivity index (χ4v) is 8.55. The average Bonchev–Trinajstić information content (AvgIpc) is 3.67. The third kappa shape index (κ3) is 3.54. The van der Waals surface area contributed by atoms with Crippen molar-refractivity contribution in [2.24, 2.45) is 0 Å². The van der Waals surface area contributed by atoms with E-state index in [1.165, 1.54) is 33.4 Å². The third-order valence-electron chi connectivity index (χ3n) is 10.5. The van der Waals surface area contributed by atoms with Gasteiger partial charge in [0.1, 0.15) is 22.7 Å². The van der Waals surface area contributed by atoms with E-state index in [1.54, 1.807) is 0 Å². The summed E-state index contributed by atoms with van der Waals surface area (Å²) >= 11 is 0. The number of rotatable bonds is 2. The van der Waals surface area contributed by atoms with Gasteiger partial charge in [0.15, 0.2) is 0 Å². The van der Waals surface area contributed by atoms with Crippen molar-refractivity contribution in [2.75, 3.05) is 0 Å². The van der Waals surface area contributed by atoms with Crippen molar-refractivity contribution in [1.82, 2.24) is 4.98 Å². The van der Waals surface area contributed by atoms with Crippen LogP contribution < -0.4 is 4.74 Å². The van der Waals surface area contributed by atoms with Gasteiger partial charge in [-0.05, 0) is 75.8 Å². The summed E-state index contributed by atoms with van der Waals surface area (Å²) in [6.07, 6.45) is 0. The Hall–Kier alpha value is -6.45. The number of nitrogens with zero attached hydrogens (tertiary/aromatic N) is 1. The second kappa shape index (κ2) is 9.79. The maximum absolute atomic E-state index is 6.79. The van der Waals surface area contributed by atoms with Crippen LogP contribution in [0.25, 0.3) is 66.4 Å². The standard InChI is InChI=1S/C46H27NO2/c1-2-13-28(14-3-1)32-26-40(47-39-21-9-5-16-30(32)39)31-17-12-24-43-45(31)34-25-33-29-15-4-6-18-35(29)46(38(33)27-44(34)49-43)36-19-7-10-22-41(36)48-42-23-11-8-20-37(42)46/h1-27H. The van der Waals surface area contributed by atoms with Crippen molar-refractivity contribution < 1.29 is 9.15 Å². The lowest BCUT2D eigenvalue weighted by Gasteiger charge is -2.39.